The van der Waals surface area contributed by atoms with Crippen LogP contribution in [0.1, 0.15) is 60.1 Å². The minimum absolute atomic E-state index is 0.113. The van der Waals surface area contributed by atoms with Gasteiger partial charge in [-0.25, -0.2) is 23.4 Å². The van der Waals surface area contributed by atoms with Crippen molar-refractivity contribution < 1.29 is 32.6 Å². The zero-order valence-corrected chi connectivity index (χ0v) is 22.2. The van der Waals surface area contributed by atoms with E-state index >= 15 is 0 Å². The molecule has 0 saturated heterocycles. The van der Waals surface area contributed by atoms with Gasteiger partial charge in [0.15, 0.2) is 11.6 Å². The Morgan fingerprint density at radius 1 is 1.03 bits per heavy atom. The Bertz CT molecular complexity index is 1060. The van der Waals surface area contributed by atoms with E-state index in [1.54, 1.807) is 41.5 Å². The number of hydrogen-bond acceptors (Lipinski definition) is 6. The number of carbonyl (C=O) groups excluding carboxylic acids is 2. The van der Waals surface area contributed by atoms with Gasteiger partial charge in [0.1, 0.15) is 28.9 Å². The van der Waals surface area contributed by atoms with E-state index in [0.717, 1.165) is 12.1 Å². The zero-order valence-electron chi connectivity index (χ0n) is 19.8. The van der Waals surface area contributed by atoms with E-state index in [1.165, 1.54) is 19.2 Å². The smallest absolute Gasteiger partial charge is 0.425 e. The number of pyridine rings is 1. The van der Waals surface area contributed by atoms with Crippen LogP contribution < -0.4 is 9.64 Å². The summed E-state index contributed by atoms with van der Waals surface area (Å²) in [7, 11) is 0. The van der Waals surface area contributed by atoms with Crippen LogP contribution in [0.15, 0.2) is 28.9 Å². The van der Waals surface area contributed by atoms with Crippen molar-refractivity contribution in [2.75, 3.05) is 4.90 Å². The van der Waals surface area contributed by atoms with E-state index in [4.69, 9.17) is 25.8 Å². The summed E-state index contributed by atoms with van der Waals surface area (Å²) in [5, 5.41) is -0.451. The van der Waals surface area contributed by atoms with Gasteiger partial charge < -0.3 is 14.2 Å². The molecule has 0 saturated carbocycles. The summed E-state index contributed by atoms with van der Waals surface area (Å²) in [6.45, 7) is 11.2. The highest BCUT2D eigenvalue weighted by Gasteiger charge is 2.36. The lowest BCUT2D eigenvalue weighted by molar-refractivity contribution is 0.0426. The fourth-order valence-corrected chi connectivity index (χ4v) is 3.31. The van der Waals surface area contributed by atoms with Gasteiger partial charge in [-0.3, -0.25) is 0 Å². The quantitative estimate of drug-likeness (QED) is 0.357. The summed E-state index contributed by atoms with van der Waals surface area (Å²) in [6.07, 6.45) is -1.94. The molecule has 1 aromatic heterocycles. The van der Waals surface area contributed by atoms with Gasteiger partial charge in [0.25, 0.3) is 0 Å². The molecule has 34 heavy (non-hydrogen) atoms. The number of nitrogens with zero attached hydrogens (tertiary/aromatic N) is 2. The highest BCUT2D eigenvalue weighted by Crippen LogP contribution is 2.37. The zero-order chi connectivity index (χ0) is 26.0. The van der Waals surface area contributed by atoms with Crippen molar-refractivity contribution in [2.24, 2.45) is 0 Å². The number of carbonyl (C=O) groups is 2. The van der Waals surface area contributed by atoms with Gasteiger partial charge >= 0.3 is 12.2 Å². The third-order valence-corrected chi connectivity index (χ3v) is 4.77. The van der Waals surface area contributed by atoms with Crippen molar-refractivity contribution in [1.29, 1.82) is 0 Å². The number of amides is 2. The molecule has 1 heterocycles. The molecule has 1 unspecified atom stereocenters. The molecule has 1 atom stereocenters. The van der Waals surface area contributed by atoms with Crippen LogP contribution in [-0.2, 0) is 9.47 Å². The largest absolute Gasteiger partial charge is 0.482 e. The fraction of sp³-hybridized carbons (Fsp3) is 0.435. The van der Waals surface area contributed by atoms with E-state index in [0.29, 0.717) is 9.37 Å². The number of ether oxygens (including phenoxy) is 3. The standard InChI is InChI=1S/C23H26BrClF2N2O5/c1-12(17-14(26)8-9-15(27)18(17)25)32-16-10-13(24)11-28-19(16)29(20(30)33-22(2,3)4)21(31)34-23(5,6)7/h8-12H,1-7H3. The highest BCUT2D eigenvalue weighted by molar-refractivity contribution is 9.10. The first-order valence-electron chi connectivity index (χ1n) is 10.2. The van der Waals surface area contributed by atoms with E-state index < -0.39 is 46.1 Å². The average molecular weight is 564 g/mol. The molecular formula is C23H26BrClF2N2O5. The number of imide groups is 1. The summed E-state index contributed by atoms with van der Waals surface area (Å²) in [4.78, 5) is 30.7. The summed E-state index contributed by atoms with van der Waals surface area (Å²) in [5.74, 6) is -2.01. The molecule has 2 rings (SSSR count). The first kappa shape index (κ1) is 27.8. The number of anilines is 1. The normalized spacial score (nSPS) is 12.7. The van der Waals surface area contributed by atoms with E-state index in [2.05, 4.69) is 20.9 Å². The Hall–Kier alpha value is -2.46. The van der Waals surface area contributed by atoms with Crippen LogP contribution in [0.5, 0.6) is 5.75 Å². The van der Waals surface area contributed by atoms with Crippen LogP contribution in [0.25, 0.3) is 0 Å². The Morgan fingerprint density at radius 3 is 2.03 bits per heavy atom. The molecule has 0 spiro atoms. The molecule has 0 aliphatic carbocycles. The molecule has 11 heteroatoms. The summed E-state index contributed by atoms with van der Waals surface area (Å²) in [6, 6.07) is 3.22. The van der Waals surface area contributed by atoms with E-state index in [9.17, 15) is 18.4 Å². The molecule has 0 N–H and O–H groups in total. The second-order valence-electron chi connectivity index (χ2n) is 9.29. The number of aromatic nitrogens is 1. The molecule has 0 radical (unpaired) electrons. The monoisotopic (exact) mass is 562 g/mol. The highest BCUT2D eigenvalue weighted by atomic mass is 79.9. The molecule has 1 aromatic carbocycles. The van der Waals surface area contributed by atoms with Gasteiger partial charge in [0.05, 0.1) is 5.02 Å². The minimum Gasteiger partial charge on any atom is -0.482 e. The van der Waals surface area contributed by atoms with Crippen LogP contribution >= 0.6 is 27.5 Å². The lowest BCUT2D eigenvalue weighted by Gasteiger charge is -2.29. The van der Waals surface area contributed by atoms with Crippen LogP contribution in [0.4, 0.5) is 24.2 Å². The lowest BCUT2D eigenvalue weighted by Crippen LogP contribution is -2.44. The van der Waals surface area contributed by atoms with Crippen molar-refractivity contribution in [3.63, 3.8) is 0 Å². The minimum atomic E-state index is -1.13. The molecule has 2 aromatic rings. The van der Waals surface area contributed by atoms with Gasteiger partial charge in [0, 0.05) is 16.2 Å². The Morgan fingerprint density at radius 2 is 1.53 bits per heavy atom. The Balaban J connectivity index is 2.58. The number of hydrogen-bond donors (Lipinski definition) is 0. The van der Waals surface area contributed by atoms with Crippen molar-refractivity contribution in [3.8, 4) is 5.75 Å². The van der Waals surface area contributed by atoms with Gasteiger partial charge in [-0.05, 0) is 82.6 Å². The van der Waals surface area contributed by atoms with Crippen molar-refractivity contribution >= 4 is 45.5 Å². The SMILES string of the molecule is CC(Oc1cc(Br)cnc1N(C(=O)OC(C)(C)C)C(=O)OC(C)(C)C)c1c(F)ccc(F)c1Cl. The van der Waals surface area contributed by atoms with Crippen LogP contribution in [0.2, 0.25) is 5.02 Å². The van der Waals surface area contributed by atoms with Crippen molar-refractivity contribution in [1.82, 2.24) is 4.98 Å². The Kier molecular flexibility index (Phi) is 8.53. The average Bonchev–Trinajstić information content (AvgIpc) is 2.64. The van der Waals surface area contributed by atoms with Gasteiger partial charge in [-0.2, -0.15) is 4.90 Å². The van der Waals surface area contributed by atoms with Gasteiger partial charge in [-0.1, -0.05) is 11.6 Å². The summed E-state index contributed by atoms with van der Waals surface area (Å²) >= 11 is 9.21. The molecule has 2 amide bonds. The van der Waals surface area contributed by atoms with Crippen LogP contribution in [0.3, 0.4) is 0 Å². The molecule has 0 aliphatic heterocycles. The molecule has 0 bridgehead atoms. The second kappa shape index (κ2) is 10.4. The predicted molar refractivity (Wildman–Crippen MR) is 127 cm³/mol. The van der Waals surface area contributed by atoms with Crippen molar-refractivity contribution in [2.45, 2.75) is 65.8 Å². The maximum Gasteiger partial charge on any atom is 0.425 e. The fourth-order valence-electron chi connectivity index (χ4n) is 2.70. The van der Waals surface area contributed by atoms with Crippen LogP contribution in [0, 0.1) is 11.6 Å². The summed E-state index contributed by atoms with van der Waals surface area (Å²) < 4.78 is 45.4. The molecule has 0 aliphatic rings. The summed E-state index contributed by atoms with van der Waals surface area (Å²) in [5.41, 5.74) is -2.13. The maximum absolute atomic E-state index is 14.4. The third kappa shape index (κ3) is 7.27. The van der Waals surface area contributed by atoms with E-state index in [-0.39, 0.29) is 17.1 Å². The molecule has 7 nitrogen and oxygen atoms in total. The molecular weight excluding hydrogens is 538 g/mol. The van der Waals surface area contributed by atoms with Crippen LogP contribution in [-0.4, -0.2) is 28.4 Å². The Labute approximate surface area is 210 Å². The third-order valence-electron chi connectivity index (χ3n) is 3.95. The second-order valence-corrected chi connectivity index (χ2v) is 10.6. The van der Waals surface area contributed by atoms with Gasteiger partial charge in [-0.15, -0.1) is 0 Å². The molecule has 0 fully saturated rings. The van der Waals surface area contributed by atoms with E-state index in [1.807, 2.05) is 0 Å². The topological polar surface area (TPSA) is 78.0 Å². The van der Waals surface area contributed by atoms with Crippen molar-refractivity contribution in [3.05, 3.63) is 51.1 Å². The predicted octanol–water partition coefficient (Wildman–Crippen LogP) is 7.59. The number of benzene rings is 1. The first-order chi connectivity index (χ1) is 15.5. The number of rotatable bonds is 4. The van der Waals surface area contributed by atoms with Gasteiger partial charge in [0.2, 0.25) is 0 Å². The first-order valence-corrected chi connectivity index (χ1v) is 11.4. The number of halogens is 4. The lowest BCUT2D eigenvalue weighted by atomic mass is 10.1. The maximum atomic E-state index is 14.4. The molecule has 186 valence electrons.